The van der Waals surface area contributed by atoms with E-state index in [0.717, 1.165) is 23.9 Å². The summed E-state index contributed by atoms with van der Waals surface area (Å²) in [6.07, 6.45) is 5.35. The number of carbonyl (C=O) groups excluding carboxylic acids is 1. The topological polar surface area (TPSA) is 98.8 Å². The third kappa shape index (κ3) is 3.89. The Kier molecular flexibility index (Phi) is 5.69. The number of nitrogens with zero attached hydrogens (tertiary/aromatic N) is 4. The van der Waals surface area contributed by atoms with Gasteiger partial charge >= 0.3 is 6.03 Å². The number of aromatic amines is 1. The van der Waals surface area contributed by atoms with E-state index in [1.54, 1.807) is 15.4 Å². The van der Waals surface area contributed by atoms with Crippen LogP contribution in [-0.2, 0) is 14.8 Å². The van der Waals surface area contributed by atoms with Crippen molar-refractivity contribution in [1.82, 2.24) is 24.1 Å². The highest BCUT2D eigenvalue weighted by atomic mass is 32.2. The van der Waals surface area contributed by atoms with E-state index in [1.165, 1.54) is 5.56 Å². The Balaban J connectivity index is 1.20. The second-order valence-electron chi connectivity index (χ2n) is 11.1. The molecule has 0 atom stereocenters. The molecule has 3 aliphatic heterocycles. The average molecular weight is 490 g/mol. The molecule has 1 N–H and O–H groups in total. The van der Waals surface area contributed by atoms with Crippen LogP contribution >= 0.6 is 0 Å². The van der Waals surface area contributed by atoms with Gasteiger partial charge in [0.25, 0.3) is 0 Å². The van der Waals surface area contributed by atoms with E-state index in [4.69, 9.17) is 4.74 Å². The number of hydrogen-bond acceptors (Lipinski definition) is 5. The van der Waals surface area contributed by atoms with Gasteiger partial charge in [-0.3, -0.25) is 0 Å². The van der Waals surface area contributed by atoms with Gasteiger partial charge in [-0.15, -0.1) is 0 Å². The van der Waals surface area contributed by atoms with Gasteiger partial charge < -0.3 is 19.5 Å². The van der Waals surface area contributed by atoms with Crippen molar-refractivity contribution < 1.29 is 17.9 Å². The van der Waals surface area contributed by atoms with Crippen molar-refractivity contribution in [2.24, 2.45) is 0 Å². The number of H-pyrrole nitrogens is 1. The molecule has 3 fully saturated rings. The molecule has 0 bridgehead atoms. The van der Waals surface area contributed by atoms with Crippen molar-refractivity contribution >= 4 is 27.1 Å². The van der Waals surface area contributed by atoms with Crippen LogP contribution in [0.25, 0.3) is 11.0 Å². The monoisotopic (exact) mass is 489 g/mol. The lowest BCUT2D eigenvalue weighted by molar-refractivity contribution is -0.107. The van der Waals surface area contributed by atoms with Crippen LogP contribution in [-0.4, -0.2) is 94.2 Å². The number of nitrogens with one attached hydrogen (secondary N) is 1. The highest BCUT2D eigenvalue weighted by Crippen LogP contribution is 2.36. The first-order valence-electron chi connectivity index (χ1n) is 12.1. The molecule has 0 unspecified atom stereocenters. The number of rotatable bonds is 3. The van der Waals surface area contributed by atoms with Gasteiger partial charge in [-0.25, -0.2) is 22.5 Å². The number of urea groups is 1. The normalized spacial score (nSPS) is 24.4. The smallest absolute Gasteiger partial charge is 0.321 e. The molecule has 0 spiro atoms. The number of pyridine rings is 1. The van der Waals surface area contributed by atoms with Gasteiger partial charge in [-0.2, -0.15) is 0 Å². The molecule has 0 saturated carbocycles. The lowest BCUT2D eigenvalue weighted by Gasteiger charge is -2.55. The maximum Gasteiger partial charge on any atom is 0.321 e. The van der Waals surface area contributed by atoms with Crippen molar-refractivity contribution in [3.63, 3.8) is 0 Å². The Morgan fingerprint density at radius 2 is 1.76 bits per heavy atom. The summed E-state index contributed by atoms with van der Waals surface area (Å²) in [6.45, 7) is 10.4. The summed E-state index contributed by atoms with van der Waals surface area (Å²) >= 11 is 0. The van der Waals surface area contributed by atoms with E-state index in [1.807, 2.05) is 44.9 Å². The molecule has 0 aromatic carbocycles. The first-order chi connectivity index (χ1) is 16.0. The fraction of sp³-hybridized carbons (Fsp3) is 0.667. The highest BCUT2D eigenvalue weighted by Gasteiger charge is 2.51. The lowest BCUT2D eigenvalue weighted by atomic mass is 9.90. The standard InChI is InChI=1S/C24H35N5O4S/c1-23(2)15-33-16-24(3,4)29(23)22(30)27-13-18(14-27)34(31,32)28-10-7-17(8-11-28)20-12-26-21-19(20)6-5-9-25-21/h5-6,9,12,17-18H,7-8,10-11,13-16H2,1-4H3,(H,25,26). The molecule has 34 heavy (non-hydrogen) atoms. The van der Waals surface area contributed by atoms with Crippen LogP contribution in [0.1, 0.15) is 52.0 Å². The van der Waals surface area contributed by atoms with Crippen LogP contribution in [0.4, 0.5) is 4.79 Å². The molecule has 9 nitrogen and oxygen atoms in total. The van der Waals surface area contributed by atoms with Crippen molar-refractivity contribution in [3.8, 4) is 0 Å². The number of carbonyl (C=O) groups is 1. The summed E-state index contributed by atoms with van der Waals surface area (Å²) in [5, 5.41) is 0.587. The molecule has 10 heteroatoms. The minimum atomic E-state index is -3.44. The molecule has 2 amide bonds. The van der Waals surface area contributed by atoms with E-state index < -0.39 is 26.4 Å². The third-order valence-electron chi connectivity index (χ3n) is 7.59. The Morgan fingerprint density at radius 3 is 2.41 bits per heavy atom. The number of piperidine rings is 1. The van der Waals surface area contributed by atoms with Crippen molar-refractivity contribution in [1.29, 1.82) is 0 Å². The summed E-state index contributed by atoms with van der Waals surface area (Å²) < 4.78 is 34.0. The molecule has 5 heterocycles. The number of morpholine rings is 1. The highest BCUT2D eigenvalue weighted by molar-refractivity contribution is 7.89. The van der Waals surface area contributed by atoms with Crippen LogP contribution in [0.15, 0.2) is 24.5 Å². The Bertz CT molecular complexity index is 1160. The molecule has 0 radical (unpaired) electrons. The third-order valence-corrected chi connectivity index (χ3v) is 9.81. The van der Waals surface area contributed by atoms with Crippen LogP contribution in [0.3, 0.4) is 0 Å². The van der Waals surface area contributed by atoms with Gasteiger partial charge in [0.1, 0.15) is 10.9 Å². The van der Waals surface area contributed by atoms with Crippen LogP contribution in [0.5, 0.6) is 0 Å². The molecular weight excluding hydrogens is 454 g/mol. The van der Waals surface area contributed by atoms with Crippen molar-refractivity contribution in [2.45, 2.75) is 62.8 Å². The second kappa shape index (κ2) is 8.20. The average Bonchev–Trinajstić information content (AvgIpc) is 3.15. The molecule has 3 aliphatic rings. The fourth-order valence-electron chi connectivity index (χ4n) is 5.89. The number of amides is 2. The van der Waals surface area contributed by atoms with Gasteiger partial charge in [-0.1, -0.05) is 0 Å². The lowest BCUT2D eigenvalue weighted by Crippen LogP contribution is -2.71. The molecule has 0 aliphatic carbocycles. The largest absolute Gasteiger partial charge is 0.377 e. The number of likely N-dealkylation sites (tertiary alicyclic amines) is 1. The number of aromatic nitrogens is 2. The summed E-state index contributed by atoms with van der Waals surface area (Å²) in [7, 11) is -3.44. The Labute approximate surface area is 201 Å². The minimum Gasteiger partial charge on any atom is -0.377 e. The van der Waals surface area contributed by atoms with Gasteiger partial charge in [-0.05, 0) is 64.2 Å². The summed E-state index contributed by atoms with van der Waals surface area (Å²) in [4.78, 5) is 24.4. The summed E-state index contributed by atoms with van der Waals surface area (Å²) in [6, 6.07) is 3.90. The zero-order chi connectivity index (χ0) is 24.3. The summed E-state index contributed by atoms with van der Waals surface area (Å²) in [5.41, 5.74) is 1.21. The van der Waals surface area contributed by atoms with Crippen LogP contribution < -0.4 is 0 Å². The number of fused-ring (bicyclic) bond motifs is 1. The van der Waals surface area contributed by atoms with Crippen molar-refractivity contribution in [2.75, 3.05) is 39.4 Å². The Morgan fingerprint density at radius 1 is 1.12 bits per heavy atom. The first kappa shape index (κ1) is 23.6. The molecular formula is C24H35N5O4S. The van der Waals surface area contributed by atoms with E-state index in [-0.39, 0.29) is 19.1 Å². The van der Waals surface area contributed by atoms with Gasteiger partial charge in [0, 0.05) is 44.0 Å². The van der Waals surface area contributed by atoms with Crippen LogP contribution in [0.2, 0.25) is 0 Å². The van der Waals surface area contributed by atoms with Gasteiger partial charge in [0.15, 0.2) is 0 Å². The predicted octanol–water partition coefficient (Wildman–Crippen LogP) is 2.77. The first-order valence-corrected chi connectivity index (χ1v) is 13.6. The number of hydrogen-bond donors (Lipinski definition) is 1. The SMILES string of the molecule is CC1(C)COCC(C)(C)N1C(=O)N1CC(S(=O)(=O)N2CCC(c3c[nH]c4ncccc34)CC2)C1. The van der Waals surface area contributed by atoms with Crippen LogP contribution in [0, 0.1) is 0 Å². The quantitative estimate of drug-likeness (QED) is 0.715. The van der Waals surface area contributed by atoms with E-state index in [0.29, 0.717) is 32.2 Å². The zero-order valence-corrected chi connectivity index (χ0v) is 21.3. The maximum absolute atomic E-state index is 13.3. The Hall–Kier alpha value is -2.17. The second-order valence-corrected chi connectivity index (χ2v) is 13.3. The summed E-state index contributed by atoms with van der Waals surface area (Å²) in [5.74, 6) is 0.314. The van der Waals surface area contributed by atoms with Gasteiger partial charge in [0.05, 0.1) is 24.3 Å². The van der Waals surface area contributed by atoms with Gasteiger partial charge in [0.2, 0.25) is 10.0 Å². The molecule has 3 saturated heterocycles. The fourth-order valence-corrected chi connectivity index (χ4v) is 7.77. The molecule has 186 valence electrons. The van der Waals surface area contributed by atoms with E-state index in [2.05, 4.69) is 16.0 Å². The maximum atomic E-state index is 13.3. The van der Waals surface area contributed by atoms with E-state index >= 15 is 0 Å². The molecule has 2 aromatic heterocycles. The number of ether oxygens (including phenoxy) is 1. The van der Waals surface area contributed by atoms with E-state index in [9.17, 15) is 13.2 Å². The van der Waals surface area contributed by atoms with Crippen molar-refractivity contribution in [3.05, 3.63) is 30.1 Å². The molecule has 2 aromatic rings. The zero-order valence-electron chi connectivity index (χ0n) is 20.5. The predicted molar refractivity (Wildman–Crippen MR) is 130 cm³/mol. The minimum absolute atomic E-state index is 0.101. The number of sulfonamides is 1. The molecule has 5 rings (SSSR count).